The van der Waals surface area contributed by atoms with Gasteiger partial charge in [0, 0.05) is 6.04 Å². The first-order chi connectivity index (χ1) is 8.75. The molecule has 2 atom stereocenters. The Labute approximate surface area is 127 Å². The zero-order valence-corrected chi connectivity index (χ0v) is 14.1. The number of halogens is 2. The van der Waals surface area contributed by atoms with Gasteiger partial charge in [-0.2, -0.15) is 0 Å². The summed E-state index contributed by atoms with van der Waals surface area (Å²) in [6.07, 6.45) is 1.09. The van der Waals surface area contributed by atoms with E-state index < -0.39 is 0 Å². The Kier molecular flexibility index (Phi) is 6.16. The summed E-state index contributed by atoms with van der Waals surface area (Å²) in [6.45, 7) is 12.2. The number of hydrogen-bond donors (Lipinski definition) is 1. The summed E-state index contributed by atoms with van der Waals surface area (Å²) < 4.78 is 0. The van der Waals surface area contributed by atoms with Crippen molar-refractivity contribution < 1.29 is 0 Å². The average Bonchev–Trinajstić information content (AvgIpc) is 2.31. The molecule has 0 spiro atoms. The summed E-state index contributed by atoms with van der Waals surface area (Å²) in [5.41, 5.74) is 1.52. The zero-order valence-electron chi connectivity index (χ0n) is 12.6. The van der Waals surface area contributed by atoms with Crippen LogP contribution in [0.3, 0.4) is 0 Å². The van der Waals surface area contributed by atoms with Crippen LogP contribution in [-0.2, 0) is 0 Å². The first-order valence-electron chi connectivity index (χ1n) is 6.94. The maximum absolute atomic E-state index is 6.12. The van der Waals surface area contributed by atoms with E-state index in [0.29, 0.717) is 27.4 Å². The predicted octanol–water partition coefficient (Wildman–Crippen LogP) is 5.72. The van der Waals surface area contributed by atoms with E-state index in [0.717, 1.165) is 13.0 Å². The molecule has 0 heterocycles. The van der Waals surface area contributed by atoms with Gasteiger partial charge in [-0.1, -0.05) is 63.9 Å². The van der Waals surface area contributed by atoms with Crippen molar-refractivity contribution in [3.05, 3.63) is 33.8 Å². The molecule has 1 rings (SSSR count). The number of nitrogens with one attached hydrogen (secondary N) is 1. The smallest absolute Gasteiger partial charge is 0.0595 e. The molecule has 3 heteroatoms. The molecule has 1 aromatic carbocycles. The normalized spacial score (nSPS) is 15.3. The van der Waals surface area contributed by atoms with Crippen LogP contribution in [0.1, 0.15) is 52.6 Å². The molecule has 0 fully saturated rings. The van der Waals surface area contributed by atoms with Crippen LogP contribution in [0, 0.1) is 11.3 Å². The zero-order chi connectivity index (χ0) is 14.6. The predicted molar refractivity (Wildman–Crippen MR) is 86.1 cm³/mol. The number of rotatable bonds is 5. The van der Waals surface area contributed by atoms with Crippen LogP contribution >= 0.6 is 23.2 Å². The Balaban J connectivity index is 2.90. The van der Waals surface area contributed by atoms with Crippen molar-refractivity contribution >= 4 is 23.2 Å². The minimum Gasteiger partial charge on any atom is -0.310 e. The highest BCUT2D eigenvalue weighted by Gasteiger charge is 2.24. The number of hydrogen-bond acceptors (Lipinski definition) is 1. The second-order valence-corrected chi connectivity index (χ2v) is 7.10. The molecule has 0 aliphatic rings. The summed E-state index contributed by atoms with van der Waals surface area (Å²) in [5.74, 6) is 0.617. The molecule has 0 bridgehead atoms. The van der Waals surface area contributed by atoms with Crippen molar-refractivity contribution in [1.82, 2.24) is 5.32 Å². The van der Waals surface area contributed by atoms with E-state index in [2.05, 4.69) is 46.0 Å². The highest BCUT2D eigenvalue weighted by atomic mass is 35.5. The fourth-order valence-corrected chi connectivity index (χ4v) is 2.33. The fourth-order valence-electron chi connectivity index (χ4n) is 2.02. The maximum Gasteiger partial charge on any atom is 0.0595 e. The van der Waals surface area contributed by atoms with Crippen LogP contribution in [0.4, 0.5) is 0 Å². The average molecular weight is 302 g/mol. The van der Waals surface area contributed by atoms with E-state index in [-0.39, 0.29) is 0 Å². The first-order valence-corrected chi connectivity index (χ1v) is 7.69. The van der Waals surface area contributed by atoms with Gasteiger partial charge in [-0.15, -0.1) is 0 Å². The third-order valence-corrected chi connectivity index (χ3v) is 4.60. The molecule has 0 amide bonds. The standard InChI is InChI=1S/C16H25Cl2N/c1-6-19-15(9-11(2)16(3,4)5)12-7-8-13(17)14(18)10-12/h7-8,10-11,15,19H,6,9H2,1-5H3. The molecule has 0 aliphatic heterocycles. The summed E-state index contributed by atoms with van der Waals surface area (Å²) in [7, 11) is 0. The Hall–Kier alpha value is -0.240. The van der Waals surface area contributed by atoms with Crippen molar-refractivity contribution in [2.24, 2.45) is 11.3 Å². The van der Waals surface area contributed by atoms with Gasteiger partial charge in [0.2, 0.25) is 0 Å². The topological polar surface area (TPSA) is 12.0 Å². The molecule has 0 radical (unpaired) electrons. The molecule has 1 nitrogen and oxygen atoms in total. The molecular weight excluding hydrogens is 277 g/mol. The minimum atomic E-state index is 0.309. The Morgan fingerprint density at radius 2 is 1.79 bits per heavy atom. The molecule has 108 valence electrons. The van der Waals surface area contributed by atoms with Gasteiger partial charge in [0.1, 0.15) is 0 Å². The lowest BCUT2D eigenvalue weighted by atomic mass is 9.77. The largest absolute Gasteiger partial charge is 0.310 e. The van der Waals surface area contributed by atoms with Crippen LogP contribution in [-0.4, -0.2) is 6.54 Å². The SMILES string of the molecule is CCNC(CC(C)C(C)(C)C)c1ccc(Cl)c(Cl)c1. The lowest BCUT2D eigenvalue weighted by Gasteiger charge is -2.31. The molecule has 1 aromatic rings. The monoisotopic (exact) mass is 301 g/mol. The van der Waals surface area contributed by atoms with E-state index in [1.165, 1.54) is 5.56 Å². The summed E-state index contributed by atoms with van der Waals surface area (Å²) >= 11 is 12.1. The number of benzene rings is 1. The van der Waals surface area contributed by atoms with Crippen molar-refractivity contribution in [1.29, 1.82) is 0 Å². The summed E-state index contributed by atoms with van der Waals surface area (Å²) in [5, 5.41) is 4.79. The second kappa shape index (κ2) is 6.97. The van der Waals surface area contributed by atoms with E-state index in [4.69, 9.17) is 23.2 Å². The third-order valence-electron chi connectivity index (χ3n) is 3.86. The first kappa shape index (κ1) is 16.8. The van der Waals surface area contributed by atoms with Gasteiger partial charge in [0.05, 0.1) is 10.0 Å². The van der Waals surface area contributed by atoms with Crippen molar-refractivity contribution in [2.45, 2.75) is 47.1 Å². The molecule has 2 unspecified atom stereocenters. The van der Waals surface area contributed by atoms with Crippen LogP contribution in [0.25, 0.3) is 0 Å². The van der Waals surface area contributed by atoms with Gasteiger partial charge < -0.3 is 5.32 Å². The van der Waals surface area contributed by atoms with Gasteiger partial charge in [-0.3, -0.25) is 0 Å². The summed E-state index contributed by atoms with van der Waals surface area (Å²) in [4.78, 5) is 0. The van der Waals surface area contributed by atoms with E-state index in [1.54, 1.807) is 0 Å². The third kappa shape index (κ3) is 4.98. The van der Waals surface area contributed by atoms with Gasteiger partial charge in [-0.25, -0.2) is 0 Å². The lowest BCUT2D eigenvalue weighted by molar-refractivity contribution is 0.224. The van der Waals surface area contributed by atoms with Crippen LogP contribution in [0.5, 0.6) is 0 Å². The molecular formula is C16H25Cl2N. The fraction of sp³-hybridized carbons (Fsp3) is 0.625. The Morgan fingerprint density at radius 1 is 1.16 bits per heavy atom. The Bertz CT molecular complexity index is 410. The second-order valence-electron chi connectivity index (χ2n) is 6.29. The molecule has 19 heavy (non-hydrogen) atoms. The molecule has 0 aliphatic carbocycles. The van der Waals surface area contributed by atoms with Gasteiger partial charge in [0.15, 0.2) is 0 Å². The van der Waals surface area contributed by atoms with Gasteiger partial charge in [-0.05, 0) is 42.0 Å². The van der Waals surface area contributed by atoms with E-state index >= 15 is 0 Å². The van der Waals surface area contributed by atoms with Crippen LogP contribution in [0.2, 0.25) is 10.0 Å². The van der Waals surface area contributed by atoms with Crippen molar-refractivity contribution in [3.63, 3.8) is 0 Å². The van der Waals surface area contributed by atoms with Crippen LogP contribution < -0.4 is 5.32 Å². The highest BCUT2D eigenvalue weighted by Crippen LogP contribution is 2.34. The Morgan fingerprint density at radius 3 is 2.26 bits per heavy atom. The molecule has 0 aromatic heterocycles. The van der Waals surface area contributed by atoms with Crippen LogP contribution in [0.15, 0.2) is 18.2 Å². The molecule has 0 saturated carbocycles. The quantitative estimate of drug-likeness (QED) is 0.734. The van der Waals surface area contributed by atoms with Gasteiger partial charge in [0.25, 0.3) is 0 Å². The highest BCUT2D eigenvalue weighted by molar-refractivity contribution is 6.42. The molecule has 1 N–H and O–H groups in total. The maximum atomic E-state index is 6.12. The lowest BCUT2D eigenvalue weighted by Crippen LogP contribution is -2.27. The minimum absolute atomic E-state index is 0.309. The van der Waals surface area contributed by atoms with Gasteiger partial charge >= 0.3 is 0 Å². The van der Waals surface area contributed by atoms with E-state index in [9.17, 15) is 0 Å². The van der Waals surface area contributed by atoms with Crippen molar-refractivity contribution in [2.75, 3.05) is 6.54 Å². The van der Waals surface area contributed by atoms with Crippen molar-refractivity contribution in [3.8, 4) is 0 Å². The molecule has 0 saturated heterocycles. The van der Waals surface area contributed by atoms with E-state index in [1.807, 2.05) is 12.1 Å². The summed E-state index contributed by atoms with van der Waals surface area (Å²) in [6, 6.07) is 6.25.